The van der Waals surface area contributed by atoms with Crippen molar-refractivity contribution in [3.8, 4) is 0 Å². The van der Waals surface area contributed by atoms with E-state index in [1.165, 1.54) is 44.9 Å². The van der Waals surface area contributed by atoms with Crippen LogP contribution in [0.3, 0.4) is 0 Å². The lowest BCUT2D eigenvalue weighted by Gasteiger charge is -2.27. The van der Waals surface area contributed by atoms with Gasteiger partial charge in [-0.15, -0.1) is 0 Å². The lowest BCUT2D eigenvalue weighted by Crippen LogP contribution is -2.56. The summed E-state index contributed by atoms with van der Waals surface area (Å²) in [7, 11) is 0. The Bertz CT molecular complexity index is 446. The molecule has 0 rings (SSSR count). The lowest BCUT2D eigenvalue weighted by atomic mass is 9.85. The minimum Gasteiger partial charge on any atom is -0.394 e. The summed E-state index contributed by atoms with van der Waals surface area (Å²) in [6.45, 7) is 2.46. The van der Waals surface area contributed by atoms with E-state index in [2.05, 4.69) is 19.1 Å². The maximum Gasteiger partial charge on any atom is 0.209 e. The Hall–Kier alpha value is -1.04. The highest BCUT2D eigenvalue weighted by atomic mass is 16.4. The Morgan fingerprint density at radius 1 is 0.857 bits per heavy atom. The lowest BCUT2D eigenvalue weighted by molar-refractivity contribution is -0.165. The Labute approximate surface area is 171 Å². The van der Waals surface area contributed by atoms with Crippen molar-refractivity contribution in [3.05, 3.63) is 12.2 Å². The van der Waals surface area contributed by atoms with Crippen molar-refractivity contribution in [1.82, 2.24) is 0 Å². The van der Waals surface area contributed by atoms with Crippen LogP contribution in [0.25, 0.3) is 0 Å². The van der Waals surface area contributed by atoms with Crippen LogP contribution in [-0.2, 0) is 9.59 Å². The first-order valence-electron chi connectivity index (χ1n) is 11.1. The van der Waals surface area contributed by atoms with Crippen molar-refractivity contribution in [2.75, 3.05) is 6.61 Å². The summed E-state index contributed by atoms with van der Waals surface area (Å²) >= 11 is 0. The van der Waals surface area contributed by atoms with Crippen LogP contribution in [0.2, 0.25) is 0 Å². The molecular weight excluding hydrogens is 356 g/mol. The van der Waals surface area contributed by atoms with E-state index in [0.717, 1.165) is 39.0 Å². The fraction of sp³-hybridized carbons (Fsp3) is 0.826. The molecule has 0 heterocycles. The number of aliphatic hydroxyl groups excluding tert-OH is 2. The van der Waals surface area contributed by atoms with Crippen molar-refractivity contribution in [2.24, 2.45) is 0 Å². The molecule has 0 aliphatic heterocycles. The number of carbonyl (C=O) groups is 2. The molecule has 0 bridgehead atoms. The number of unbranched alkanes of at least 4 members (excludes halogenated alkanes) is 11. The zero-order valence-electron chi connectivity index (χ0n) is 18.0. The van der Waals surface area contributed by atoms with Crippen molar-refractivity contribution in [1.29, 1.82) is 0 Å². The van der Waals surface area contributed by atoms with E-state index in [4.69, 9.17) is 5.11 Å². The van der Waals surface area contributed by atoms with E-state index in [-0.39, 0.29) is 6.42 Å². The molecule has 164 valence electrons. The largest absolute Gasteiger partial charge is 0.394 e. The minimum absolute atomic E-state index is 0.0330. The molecule has 0 amide bonds. The third kappa shape index (κ3) is 11.1. The number of hydrogen-bond acceptors (Lipinski definition) is 5. The molecule has 2 atom stereocenters. The second-order valence-corrected chi connectivity index (χ2v) is 7.78. The third-order valence-corrected chi connectivity index (χ3v) is 5.28. The highest BCUT2D eigenvalue weighted by Crippen LogP contribution is 2.18. The standard InChI is InChI=1S/C23H42O5/c1-3-4-5-6-7-8-9-10-11-12-13-14-15-16-17-18-21(26)23(28,20(2)25)22(27)19-24/h10-11,22,24,27-28H,3-9,12-19H2,1-2H3/b11-10-. The molecular formula is C23H42O5. The summed E-state index contributed by atoms with van der Waals surface area (Å²) in [4.78, 5) is 23.6. The third-order valence-electron chi connectivity index (χ3n) is 5.28. The van der Waals surface area contributed by atoms with Gasteiger partial charge >= 0.3 is 0 Å². The average molecular weight is 399 g/mol. The van der Waals surface area contributed by atoms with Gasteiger partial charge in [-0.25, -0.2) is 0 Å². The summed E-state index contributed by atoms with van der Waals surface area (Å²) in [5.41, 5.74) is -2.48. The van der Waals surface area contributed by atoms with Crippen molar-refractivity contribution in [3.63, 3.8) is 0 Å². The second-order valence-electron chi connectivity index (χ2n) is 7.78. The van der Waals surface area contributed by atoms with Gasteiger partial charge in [-0.05, 0) is 39.0 Å². The predicted octanol–water partition coefficient (Wildman–Crippen LogP) is 4.27. The van der Waals surface area contributed by atoms with Crippen LogP contribution in [0.5, 0.6) is 0 Å². The number of Topliss-reactive ketones (excluding diaryl/α,β-unsaturated/α-hetero) is 2. The van der Waals surface area contributed by atoms with Gasteiger partial charge in [0.1, 0.15) is 6.10 Å². The molecule has 3 N–H and O–H groups in total. The van der Waals surface area contributed by atoms with E-state index in [0.29, 0.717) is 6.42 Å². The number of hydrogen-bond donors (Lipinski definition) is 3. The first kappa shape index (κ1) is 27.0. The summed E-state index contributed by atoms with van der Waals surface area (Å²) in [6, 6.07) is 0. The summed E-state index contributed by atoms with van der Waals surface area (Å²) in [5.74, 6) is -1.54. The van der Waals surface area contributed by atoms with E-state index in [1.807, 2.05) is 0 Å². The van der Waals surface area contributed by atoms with Crippen LogP contribution in [0.15, 0.2) is 12.2 Å². The minimum atomic E-state index is -2.48. The van der Waals surface area contributed by atoms with Crippen molar-refractivity contribution >= 4 is 11.6 Å². The molecule has 0 aliphatic carbocycles. The van der Waals surface area contributed by atoms with Gasteiger partial charge in [0.15, 0.2) is 11.6 Å². The topological polar surface area (TPSA) is 94.8 Å². The second kappa shape index (κ2) is 16.9. The average Bonchev–Trinajstić information content (AvgIpc) is 2.69. The fourth-order valence-corrected chi connectivity index (χ4v) is 3.30. The van der Waals surface area contributed by atoms with E-state index >= 15 is 0 Å². The SMILES string of the molecule is CCCCCCCC/C=C\CCCCCCCC(=O)C(O)(C(C)=O)C(O)CO. The molecule has 0 radical (unpaired) electrons. The van der Waals surface area contributed by atoms with Crippen LogP contribution >= 0.6 is 0 Å². The zero-order chi connectivity index (χ0) is 21.3. The Morgan fingerprint density at radius 3 is 1.79 bits per heavy atom. The molecule has 2 unspecified atom stereocenters. The molecule has 0 saturated carbocycles. The fourth-order valence-electron chi connectivity index (χ4n) is 3.30. The summed E-state index contributed by atoms with van der Waals surface area (Å²) < 4.78 is 0. The van der Waals surface area contributed by atoms with Gasteiger partial charge in [0.25, 0.3) is 0 Å². The smallest absolute Gasteiger partial charge is 0.209 e. The molecule has 0 aromatic heterocycles. The quantitative estimate of drug-likeness (QED) is 0.172. The number of carbonyl (C=O) groups excluding carboxylic acids is 2. The number of rotatable bonds is 19. The van der Waals surface area contributed by atoms with Crippen LogP contribution in [-0.4, -0.2) is 45.2 Å². The number of aliphatic hydroxyl groups is 3. The Balaban J connectivity index is 3.70. The van der Waals surface area contributed by atoms with Gasteiger partial charge in [-0.2, -0.15) is 0 Å². The van der Waals surface area contributed by atoms with E-state index < -0.39 is 29.9 Å². The monoisotopic (exact) mass is 398 g/mol. The Morgan fingerprint density at radius 2 is 1.32 bits per heavy atom. The van der Waals surface area contributed by atoms with Gasteiger partial charge in [0, 0.05) is 6.42 Å². The maximum absolute atomic E-state index is 12.1. The van der Waals surface area contributed by atoms with Crippen molar-refractivity contribution in [2.45, 2.75) is 115 Å². The molecule has 0 saturated heterocycles. The van der Waals surface area contributed by atoms with Gasteiger partial charge in [-0.3, -0.25) is 9.59 Å². The van der Waals surface area contributed by atoms with Gasteiger partial charge in [0.05, 0.1) is 6.61 Å². The van der Waals surface area contributed by atoms with E-state index in [1.54, 1.807) is 0 Å². The van der Waals surface area contributed by atoms with Crippen LogP contribution < -0.4 is 0 Å². The highest BCUT2D eigenvalue weighted by molar-refractivity contribution is 6.09. The summed E-state index contributed by atoms with van der Waals surface area (Å²) in [6.07, 6.45) is 17.7. The molecule has 0 aromatic carbocycles. The first-order chi connectivity index (χ1) is 13.4. The van der Waals surface area contributed by atoms with Gasteiger partial charge < -0.3 is 15.3 Å². The molecule has 0 aliphatic rings. The van der Waals surface area contributed by atoms with Crippen LogP contribution in [0.4, 0.5) is 0 Å². The first-order valence-corrected chi connectivity index (χ1v) is 11.1. The van der Waals surface area contributed by atoms with Gasteiger partial charge in [0.2, 0.25) is 5.60 Å². The normalized spacial score (nSPS) is 14.9. The molecule has 0 fully saturated rings. The Kier molecular flexibility index (Phi) is 16.2. The number of allylic oxidation sites excluding steroid dienone is 2. The molecule has 28 heavy (non-hydrogen) atoms. The highest BCUT2D eigenvalue weighted by Gasteiger charge is 2.46. The molecule has 5 heteroatoms. The van der Waals surface area contributed by atoms with Gasteiger partial charge in [-0.1, -0.05) is 70.4 Å². The number of ketones is 2. The van der Waals surface area contributed by atoms with E-state index in [9.17, 15) is 19.8 Å². The molecule has 5 nitrogen and oxygen atoms in total. The van der Waals surface area contributed by atoms with Crippen molar-refractivity contribution < 1.29 is 24.9 Å². The molecule has 0 spiro atoms. The summed E-state index contributed by atoms with van der Waals surface area (Å²) in [5, 5.41) is 28.7. The predicted molar refractivity (Wildman–Crippen MR) is 113 cm³/mol. The maximum atomic E-state index is 12.1. The molecule has 0 aromatic rings. The zero-order valence-corrected chi connectivity index (χ0v) is 18.0. The van der Waals surface area contributed by atoms with Crippen LogP contribution in [0, 0.1) is 0 Å². The van der Waals surface area contributed by atoms with Crippen LogP contribution in [0.1, 0.15) is 104 Å².